The summed E-state index contributed by atoms with van der Waals surface area (Å²) < 4.78 is 14.9. The van der Waals surface area contributed by atoms with E-state index >= 15 is 0 Å². The van der Waals surface area contributed by atoms with Crippen LogP contribution in [-0.2, 0) is 10.4 Å². The molecule has 0 radical (unpaired) electrons. The number of hydrogen-bond acceptors (Lipinski definition) is 6. The largest absolute Gasteiger partial charge is 0.385 e. The second-order valence-corrected chi connectivity index (χ2v) is 17.2. The first-order chi connectivity index (χ1) is 25.8. The van der Waals surface area contributed by atoms with Gasteiger partial charge < -0.3 is 41.5 Å². The summed E-state index contributed by atoms with van der Waals surface area (Å²) in [6.07, 6.45) is 14.1. The van der Waals surface area contributed by atoms with Crippen LogP contribution < -0.4 is 26.6 Å². The molecule has 308 valence electrons. The summed E-state index contributed by atoms with van der Waals surface area (Å²) in [4.78, 5) is 40.5. The highest BCUT2D eigenvalue weighted by Gasteiger charge is 2.43. The predicted molar refractivity (Wildman–Crippen MR) is 216 cm³/mol. The van der Waals surface area contributed by atoms with Gasteiger partial charge in [0.05, 0.1) is 5.60 Å². The Bertz CT molecular complexity index is 1270. The molecular formula is C42H74FN7O4. The molecule has 2 aliphatic heterocycles. The van der Waals surface area contributed by atoms with E-state index in [2.05, 4.69) is 47.4 Å². The van der Waals surface area contributed by atoms with Crippen LogP contribution in [0.5, 0.6) is 0 Å². The third-order valence-electron chi connectivity index (χ3n) is 11.2. The first kappa shape index (κ1) is 45.4. The van der Waals surface area contributed by atoms with Gasteiger partial charge in [0.1, 0.15) is 5.82 Å². The summed E-state index contributed by atoms with van der Waals surface area (Å²) in [6, 6.07) is 6.64. The van der Waals surface area contributed by atoms with E-state index in [1.54, 1.807) is 23.1 Å². The highest BCUT2D eigenvalue weighted by Crippen LogP contribution is 2.40. The molecule has 54 heavy (non-hydrogen) atoms. The Morgan fingerprint density at radius 1 is 0.833 bits per heavy atom. The fraction of sp³-hybridized carbons (Fsp3) is 0.786. The van der Waals surface area contributed by atoms with Crippen LogP contribution in [0.3, 0.4) is 0 Å². The van der Waals surface area contributed by atoms with Crippen molar-refractivity contribution in [2.45, 2.75) is 135 Å². The van der Waals surface area contributed by atoms with Crippen LogP contribution in [0.1, 0.15) is 123 Å². The maximum atomic E-state index is 14.9. The lowest BCUT2D eigenvalue weighted by molar-refractivity contribution is -0.119. The average molecular weight is 760 g/mol. The summed E-state index contributed by atoms with van der Waals surface area (Å²) >= 11 is 0. The Balaban J connectivity index is 0.000000366. The summed E-state index contributed by atoms with van der Waals surface area (Å²) in [5.41, 5.74) is -0.920. The lowest BCUT2D eigenvalue weighted by atomic mass is 9.74. The molecule has 1 aliphatic carbocycles. The van der Waals surface area contributed by atoms with E-state index in [0.717, 1.165) is 58.3 Å². The number of carbonyl (C=O) groups is 3. The maximum absolute atomic E-state index is 14.9. The molecule has 5 amide bonds. The van der Waals surface area contributed by atoms with Crippen molar-refractivity contribution in [3.8, 4) is 0 Å². The van der Waals surface area contributed by atoms with Gasteiger partial charge in [-0.1, -0.05) is 71.1 Å². The number of amides is 5. The van der Waals surface area contributed by atoms with Crippen molar-refractivity contribution in [2.24, 2.45) is 17.3 Å². The standard InChI is InChI=1S/C28H45FN4O3.C14H29N3O/c1-21(34)31-16-9-15-28(36,25-13-6-7-14-26(25)29)23-12-8-17-33(20-23)27(35)32-24(19-30-2)18-22-10-4-3-5-11-22;1-14(2,3)10-12(11-15-4)16-13(18)17-8-6-5-7-9-17/h6-7,13-14,22-24,30,36H,3-5,8-12,15-20H2,1-2H3,(H,31,34)(H,32,35);12,15H,5-11H2,1-4H3,(H,16,18)/t23-,24+,28+;12-/m10/s1. The van der Waals surface area contributed by atoms with E-state index < -0.39 is 11.4 Å². The van der Waals surface area contributed by atoms with Crippen molar-refractivity contribution >= 4 is 18.0 Å². The monoisotopic (exact) mass is 760 g/mol. The van der Waals surface area contributed by atoms with Gasteiger partial charge >= 0.3 is 12.1 Å². The Kier molecular flexibility index (Phi) is 19.5. The molecule has 2 heterocycles. The van der Waals surface area contributed by atoms with Gasteiger partial charge in [-0.25, -0.2) is 14.0 Å². The van der Waals surface area contributed by atoms with E-state index in [0.29, 0.717) is 44.8 Å². The van der Waals surface area contributed by atoms with Crippen molar-refractivity contribution in [3.63, 3.8) is 0 Å². The molecule has 3 aliphatic rings. The molecule has 1 aromatic rings. The van der Waals surface area contributed by atoms with E-state index in [4.69, 9.17) is 0 Å². The summed E-state index contributed by atoms with van der Waals surface area (Å²) in [7, 11) is 3.84. The number of halogens is 1. The third-order valence-corrected chi connectivity index (χ3v) is 11.2. The van der Waals surface area contributed by atoms with E-state index in [1.807, 2.05) is 19.0 Å². The first-order valence-corrected chi connectivity index (χ1v) is 20.9. The molecule has 6 N–H and O–H groups in total. The number of benzene rings is 1. The SMILES string of the molecule is CNC[C@H](CC(C)(C)C)NC(=O)N1CCCCC1.CNC[C@H](CC1CCCCC1)NC(=O)N1CCC[C@@H]([C@@](O)(CCCNC(C)=O)c2ccccc2F)C1. The smallest absolute Gasteiger partial charge is 0.317 e. The number of piperidine rings is 2. The van der Waals surface area contributed by atoms with Gasteiger partial charge in [-0.05, 0) is 89.3 Å². The zero-order chi connectivity index (χ0) is 39.6. The number of rotatable bonds is 15. The summed E-state index contributed by atoms with van der Waals surface area (Å²) in [5, 5.41) is 27.5. The molecule has 4 rings (SSSR count). The van der Waals surface area contributed by atoms with Crippen LogP contribution in [0.2, 0.25) is 0 Å². The van der Waals surface area contributed by atoms with Gasteiger partial charge in [0.2, 0.25) is 5.91 Å². The lowest BCUT2D eigenvalue weighted by Crippen LogP contribution is -2.54. The van der Waals surface area contributed by atoms with Crippen LogP contribution in [0, 0.1) is 23.1 Å². The number of hydrogen-bond donors (Lipinski definition) is 6. The Labute approximate surface area is 325 Å². The molecule has 1 aromatic carbocycles. The molecule has 12 heteroatoms. The van der Waals surface area contributed by atoms with Gasteiger partial charge in [0.25, 0.3) is 0 Å². The number of likely N-dealkylation sites (N-methyl/N-ethyl adjacent to an activating group) is 2. The van der Waals surface area contributed by atoms with Crippen molar-refractivity contribution in [1.82, 2.24) is 36.4 Å². The van der Waals surface area contributed by atoms with Gasteiger partial charge in [-0.15, -0.1) is 0 Å². The Hall–Kier alpha value is -2.96. The van der Waals surface area contributed by atoms with Crippen molar-refractivity contribution < 1.29 is 23.9 Å². The van der Waals surface area contributed by atoms with Crippen molar-refractivity contribution in [1.29, 1.82) is 0 Å². The molecular weight excluding hydrogens is 686 g/mol. The maximum Gasteiger partial charge on any atom is 0.317 e. The molecule has 11 nitrogen and oxygen atoms in total. The molecule has 3 fully saturated rings. The Morgan fingerprint density at radius 3 is 2.06 bits per heavy atom. The molecule has 0 aromatic heterocycles. The van der Waals surface area contributed by atoms with Crippen LogP contribution >= 0.6 is 0 Å². The van der Waals surface area contributed by atoms with Gasteiger partial charge in [0.15, 0.2) is 0 Å². The molecule has 0 spiro atoms. The molecule has 0 unspecified atom stereocenters. The number of urea groups is 2. The zero-order valence-electron chi connectivity index (χ0n) is 34.4. The van der Waals surface area contributed by atoms with Crippen LogP contribution in [0.15, 0.2) is 24.3 Å². The molecule has 2 saturated heterocycles. The number of likely N-dealkylation sites (tertiary alicyclic amines) is 2. The summed E-state index contributed by atoms with van der Waals surface area (Å²) in [6.45, 7) is 12.9. The topological polar surface area (TPSA) is 138 Å². The number of nitrogens with zero attached hydrogens (tertiary/aromatic N) is 2. The average Bonchev–Trinajstić information content (AvgIpc) is 3.14. The van der Waals surface area contributed by atoms with Gasteiger partial charge in [-0.3, -0.25) is 4.79 Å². The first-order valence-electron chi connectivity index (χ1n) is 20.9. The second-order valence-electron chi connectivity index (χ2n) is 17.2. The molecule has 0 bridgehead atoms. The fourth-order valence-electron chi connectivity index (χ4n) is 8.60. The van der Waals surface area contributed by atoms with Gasteiger partial charge in [0, 0.05) is 76.3 Å². The number of aliphatic hydroxyl groups is 1. The van der Waals surface area contributed by atoms with Crippen LogP contribution in [0.25, 0.3) is 0 Å². The molecule has 4 atom stereocenters. The Morgan fingerprint density at radius 2 is 1.43 bits per heavy atom. The minimum atomic E-state index is -1.42. The number of carbonyl (C=O) groups excluding carboxylic acids is 3. The summed E-state index contributed by atoms with van der Waals surface area (Å²) in [5.74, 6) is -0.217. The third kappa shape index (κ3) is 15.6. The van der Waals surface area contributed by atoms with Crippen molar-refractivity contribution in [3.05, 3.63) is 35.6 Å². The van der Waals surface area contributed by atoms with Crippen LogP contribution in [0.4, 0.5) is 14.0 Å². The minimum absolute atomic E-state index is 0.0640. The van der Waals surface area contributed by atoms with E-state index in [1.165, 1.54) is 51.5 Å². The highest BCUT2D eigenvalue weighted by molar-refractivity contribution is 5.75. The highest BCUT2D eigenvalue weighted by atomic mass is 19.1. The number of nitrogens with one attached hydrogen (secondary N) is 5. The second kappa shape index (κ2) is 23.2. The molecule has 1 saturated carbocycles. The van der Waals surface area contributed by atoms with E-state index in [9.17, 15) is 23.9 Å². The normalized spacial score (nSPS) is 20.5. The van der Waals surface area contributed by atoms with E-state index in [-0.39, 0.29) is 46.9 Å². The van der Waals surface area contributed by atoms with Crippen LogP contribution in [-0.4, -0.2) is 105 Å². The minimum Gasteiger partial charge on any atom is -0.385 e. The zero-order valence-corrected chi connectivity index (χ0v) is 34.4. The fourth-order valence-corrected chi connectivity index (χ4v) is 8.60. The van der Waals surface area contributed by atoms with Crippen molar-refractivity contribution in [2.75, 3.05) is 59.9 Å². The predicted octanol–water partition coefficient (Wildman–Crippen LogP) is 6.12. The quantitative estimate of drug-likeness (QED) is 0.119. The van der Waals surface area contributed by atoms with Gasteiger partial charge in [-0.2, -0.15) is 0 Å². The lowest BCUT2D eigenvalue weighted by Gasteiger charge is -2.43.